The van der Waals surface area contributed by atoms with Gasteiger partial charge >= 0.3 is 0 Å². The molecule has 18 heavy (non-hydrogen) atoms. The highest BCUT2D eigenvalue weighted by atomic mass is 32.1. The molecule has 2 rings (SSSR count). The zero-order valence-electron chi connectivity index (χ0n) is 11.3. The van der Waals surface area contributed by atoms with Crippen molar-refractivity contribution >= 4 is 17.3 Å². The van der Waals surface area contributed by atoms with Gasteiger partial charge in [0.05, 0.1) is 5.69 Å². The Morgan fingerprint density at radius 2 is 2.28 bits per heavy atom. The number of hydrogen-bond donors (Lipinski definition) is 1. The molecule has 0 bridgehead atoms. The summed E-state index contributed by atoms with van der Waals surface area (Å²) in [6, 6.07) is 4.28. The Balaban J connectivity index is 1.91. The summed E-state index contributed by atoms with van der Waals surface area (Å²) in [5.41, 5.74) is 1.08. The Bertz CT molecular complexity index is 471. The third-order valence-electron chi connectivity index (χ3n) is 2.69. The standard InChI is InChI=1S/C14H21N3S/c1-11(2)9-17-10-12(3)16-14(17)15-7-6-13-5-4-8-18-13/h4-5,8,10-11H,6-7,9H2,1-3H3,(H,15,16). The maximum absolute atomic E-state index is 4.54. The average Bonchev–Trinajstić information content (AvgIpc) is 2.89. The number of hydrogen-bond acceptors (Lipinski definition) is 3. The molecule has 0 aliphatic rings. The third-order valence-corrected chi connectivity index (χ3v) is 3.63. The molecular formula is C14H21N3S. The largest absolute Gasteiger partial charge is 0.355 e. The van der Waals surface area contributed by atoms with Crippen LogP contribution in [-0.2, 0) is 13.0 Å². The molecule has 0 aromatic carbocycles. The van der Waals surface area contributed by atoms with E-state index in [0.717, 1.165) is 31.2 Å². The van der Waals surface area contributed by atoms with E-state index in [2.05, 4.69) is 52.4 Å². The Labute approximate surface area is 113 Å². The van der Waals surface area contributed by atoms with E-state index in [1.54, 1.807) is 0 Å². The fourth-order valence-corrected chi connectivity index (χ4v) is 2.68. The lowest BCUT2D eigenvalue weighted by Crippen LogP contribution is -2.12. The summed E-state index contributed by atoms with van der Waals surface area (Å²) >= 11 is 1.81. The highest BCUT2D eigenvalue weighted by Gasteiger charge is 2.06. The minimum Gasteiger partial charge on any atom is -0.355 e. The molecule has 0 radical (unpaired) electrons. The molecule has 1 N–H and O–H groups in total. The van der Waals surface area contributed by atoms with Crippen molar-refractivity contribution in [3.05, 3.63) is 34.3 Å². The lowest BCUT2D eigenvalue weighted by Gasteiger charge is -2.11. The summed E-state index contributed by atoms with van der Waals surface area (Å²) < 4.78 is 2.22. The number of aromatic nitrogens is 2. The molecule has 4 heteroatoms. The van der Waals surface area contributed by atoms with Crippen LogP contribution in [0, 0.1) is 12.8 Å². The third kappa shape index (κ3) is 3.60. The molecule has 2 heterocycles. The van der Waals surface area contributed by atoms with Crippen LogP contribution >= 0.6 is 11.3 Å². The number of thiophene rings is 1. The van der Waals surface area contributed by atoms with Crippen LogP contribution in [-0.4, -0.2) is 16.1 Å². The van der Waals surface area contributed by atoms with Crippen molar-refractivity contribution in [2.45, 2.75) is 33.7 Å². The van der Waals surface area contributed by atoms with Gasteiger partial charge in [0.1, 0.15) is 0 Å². The molecule has 0 saturated heterocycles. The predicted octanol–water partition coefficient (Wildman–Crippen LogP) is 3.56. The van der Waals surface area contributed by atoms with Crippen LogP contribution in [0.4, 0.5) is 5.95 Å². The van der Waals surface area contributed by atoms with E-state index in [9.17, 15) is 0 Å². The van der Waals surface area contributed by atoms with Crippen molar-refractivity contribution in [3.8, 4) is 0 Å². The maximum atomic E-state index is 4.54. The van der Waals surface area contributed by atoms with Gasteiger partial charge in [-0.05, 0) is 30.7 Å². The summed E-state index contributed by atoms with van der Waals surface area (Å²) in [6.07, 6.45) is 3.18. The summed E-state index contributed by atoms with van der Waals surface area (Å²) in [4.78, 5) is 5.96. The minimum absolute atomic E-state index is 0.636. The predicted molar refractivity (Wildman–Crippen MR) is 78.3 cm³/mol. The van der Waals surface area contributed by atoms with E-state index in [4.69, 9.17) is 0 Å². The van der Waals surface area contributed by atoms with E-state index in [1.807, 2.05) is 18.3 Å². The van der Waals surface area contributed by atoms with Gasteiger partial charge in [-0.15, -0.1) is 11.3 Å². The van der Waals surface area contributed by atoms with Crippen molar-refractivity contribution in [1.82, 2.24) is 9.55 Å². The molecule has 0 aliphatic carbocycles. The number of aryl methyl sites for hydroxylation is 1. The summed E-state index contributed by atoms with van der Waals surface area (Å²) in [5.74, 6) is 1.63. The highest BCUT2D eigenvalue weighted by molar-refractivity contribution is 7.09. The molecule has 0 unspecified atom stereocenters. The van der Waals surface area contributed by atoms with E-state index in [0.29, 0.717) is 5.92 Å². The molecule has 0 amide bonds. The Hall–Kier alpha value is -1.29. The molecule has 0 atom stereocenters. The molecule has 2 aromatic rings. The monoisotopic (exact) mass is 263 g/mol. The van der Waals surface area contributed by atoms with Crippen molar-refractivity contribution in [2.75, 3.05) is 11.9 Å². The van der Waals surface area contributed by atoms with Crippen LogP contribution in [0.25, 0.3) is 0 Å². The van der Waals surface area contributed by atoms with Gasteiger partial charge in [-0.25, -0.2) is 4.98 Å². The average molecular weight is 263 g/mol. The van der Waals surface area contributed by atoms with E-state index < -0.39 is 0 Å². The lowest BCUT2D eigenvalue weighted by atomic mass is 10.2. The second-order valence-electron chi connectivity index (χ2n) is 5.01. The van der Waals surface area contributed by atoms with Gasteiger partial charge in [0.2, 0.25) is 5.95 Å². The van der Waals surface area contributed by atoms with Gasteiger partial charge in [-0.1, -0.05) is 19.9 Å². The first-order valence-corrected chi connectivity index (χ1v) is 7.33. The van der Waals surface area contributed by atoms with E-state index >= 15 is 0 Å². The number of rotatable bonds is 6. The summed E-state index contributed by atoms with van der Waals surface area (Å²) in [6.45, 7) is 8.45. The highest BCUT2D eigenvalue weighted by Crippen LogP contribution is 2.13. The molecule has 0 aliphatic heterocycles. The number of imidazole rings is 1. The molecule has 0 fully saturated rings. The molecule has 0 spiro atoms. The molecule has 2 aromatic heterocycles. The topological polar surface area (TPSA) is 29.9 Å². The van der Waals surface area contributed by atoms with Gasteiger partial charge in [-0.2, -0.15) is 0 Å². The van der Waals surface area contributed by atoms with E-state index in [1.165, 1.54) is 4.88 Å². The smallest absolute Gasteiger partial charge is 0.203 e. The number of nitrogens with zero attached hydrogens (tertiary/aromatic N) is 2. The van der Waals surface area contributed by atoms with Crippen molar-refractivity contribution < 1.29 is 0 Å². The van der Waals surface area contributed by atoms with Crippen molar-refractivity contribution in [3.63, 3.8) is 0 Å². The summed E-state index contributed by atoms with van der Waals surface area (Å²) in [7, 11) is 0. The summed E-state index contributed by atoms with van der Waals surface area (Å²) in [5, 5.41) is 5.56. The second kappa shape index (κ2) is 6.05. The number of anilines is 1. The van der Waals surface area contributed by atoms with Gasteiger partial charge < -0.3 is 9.88 Å². The van der Waals surface area contributed by atoms with Crippen LogP contribution < -0.4 is 5.32 Å². The molecule has 0 saturated carbocycles. The zero-order valence-corrected chi connectivity index (χ0v) is 12.1. The van der Waals surface area contributed by atoms with Crippen molar-refractivity contribution in [1.29, 1.82) is 0 Å². The van der Waals surface area contributed by atoms with Crippen LogP contribution in [0.5, 0.6) is 0 Å². The number of nitrogens with one attached hydrogen (secondary N) is 1. The van der Waals surface area contributed by atoms with Gasteiger partial charge in [0.25, 0.3) is 0 Å². The Kier molecular flexibility index (Phi) is 4.42. The van der Waals surface area contributed by atoms with Gasteiger partial charge in [-0.3, -0.25) is 0 Å². The first kappa shape index (κ1) is 13.1. The van der Waals surface area contributed by atoms with Crippen LogP contribution in [0.1, 0.15) is 24.4 Å². The minimum atomic E-state index is 0.636. The normalized spacial score (nSPS) is 11.1. The SMILES string of the molecule is Cc1cn(CC(C)C)c(NCCc2cccs2)n1. The van der Waals surface area contributed by atoms with E-state index in [-0.39, 0.29) is 0 Å². The molecule has 98 valence electrons. The first-order valence-electron chi connectivity index (χ1n) is 6.45. The fourth-order valence-electron chi connectivity index (χ4n) is 1.97. The van der Waals surface area contributed by atoms with Crippen molar-refractivity contribution in [2.24, 2.45) is 5.92 Å². The van der Waals surface area contributed by atoms with Gasteiger partial charge in [0.15, 0.2) is 0 Å². The second-order valence-corrected chi connectivity index (χ2v) is 6.04. The van der Waals surface area contributed by atoms with Crippen LogP contribution in [0.15, 0.2) is 23.7 Å². The molecule has 3 nitrogen and oxygen atoms in total. The van der Waals surface area contributed by atoms with Gasteiger partial charge in [0, 0.05) is 24.2 Å². The molecular weight excluding hydrogens is 242 g/mol. The van der Waals surface area contributed by atoms with Crippen LogP contribution in [0.3, 0.4) is 0 Å². The zero-order chi connectivity index (χ0) is 13.0. The Morgan fingerprint density at radius 3 is 2.94 bits per heavy atom. The fraction of sp³-hybridized carbons (Fsp3) is 0.500. The van der Waals surface area contributed by atoms with Crippen LogP contribution in [0.2, 0.25) is 0 Å². The lowest BCUT2D eigenvalue weighted by molar-refractivity contribution is 0.526. The maximum Gasteiger partial charge on any atom is 0.203 e. The first-order chi connectivity index (χ1) is 8.65. The quantitative estimate of drug-likeness (QED) is 0.863. The Morgan fingerprint density at radius 1 is 1.44 bits per heavy atom.